The summed E-state index contributed by atoms with van der Waals surface area (Å²) in [5, 5.41) is 8.07. The molecule has 4 heteroatoms. The Morgan fingerprint density at radius 3 is 3.42 bits per heavy atom. The van der Waals surface area contributed by atoms with Gasteiger partial charge in [-0.2, -0.15) is 11.8 Å². The first kappa shape index (κ1) is 7.69. The van der Waals surface area contributed by atoms with E-state index in [0.717, 1.165) is 23.6 Å². The van der Waals surface area contributed by atoms with Crippen LogP contribution in [0, 0.1) is 12.3 Å². The Morgan fingerprint density at radius 1 is 1.67 bits per heavy atom. The lowest BCUT2D eigenvalue weighted by Crippen LogP contribution is -2.09. The molecule has 0 aromatic carbocycles. The van der Waals surface area contributed by atoms with Crippen LogP contribution in [-0.2, 0) is 18.7 Å². The molecule has 3 nitrogen and oxygen atoms in total. The predicted molar refractivity (Wildman–Crippen MR) is 48.7 cm³/mol. The fourth-order valence-electron chi connectivity index (χ4n) is 1.31. The van der Waals surface area contributed by atoms with Gasteiger partial charge in [0.05, 0.1) is 11.4 Å². The van der Waals surface area contributed by atoms with Gasteiger partial charge in [-0.15, -0.1) is 11.5 Å². The van der Waals surface area contributed by atoms with Gasteiger partial charge in [0.2, 0.25) is 0 Å². The summed E-state index contributed by atoms with van der Waals surface area (Å²) in [5.41, 5.74) is 2.34. The zero-order chi connectivity index (χ0) is 8.39. The lowest BCUT2D eigenvalue weighted by atomic mass is 10.2. The van der Waals surface area contributed by atoms with Crippen molar-refractivity contribution < 1.29 is 0 Å². The first-order valence-electron chi connectivity index (χ1n) is 3.84. The van der Waals surface area contributed by atoms with Crippen LogP contribution in [0.3, 0.4) is 0 Å². The molecule has 1 aromatic heterocycles. The second kappa shape index (κ2) is 3.20. The zero-order valence-electron chi connectivity index (χ0n) is 6.66. The Bertz CT molecular complexity index is 324. The minimum absolute atomic E-state index is 0.549. The summed E-state index contributed by atoms with van der Waals surface area (Å²) in [7, 11) is 0. The molecule has 0 bridgehead atoms. The van der Waals surface area contributed by atoms with Gasteiger partial charge in [0.15, 0.2) is 0 Å². The van der Waals surface area contributed by atoms with E-state index in [4.69, 9.17) is 6.42 Å². The summed E-state index contributed by atoms with van der Waals surface area (Å²) in [4.78, 5) is 0. The Morgan fingerprint density at radius 2 is 2.58 bits per heavy atom. The molecule has 1 aliphatic rings. The van der Waals surface area contributed by atoms with Crippen LogP contribution in [0.15, 0.2) is 0 Å². The van der Waals surface area contributed by atoms with Crippen LogP contribution in [0.5, 0.6) is 0 Å². The third-order valence-corrected chi connectivity index (χ3v) is 2.85. The highest BCUT2D eigenvalue weighted by atomic mass is 32.2. The molecule has 62 valence electrons. The number of terminal acetylenes is 1. The fraction of sp³-hybridized carbons (Fsp3) is 0.500. The monoisotopic (exact) mass is 179 g/mol. The van der Waals surface area contributed by atoms with Crippen molar-refractivity contribution in [3.8, 4) is 12.3 Å². The second-order valence-electron chi connectivity index (χ2n) is 2.65. The molecule has 0 saturated carbocycles. The molecule has 0 fully saturated rings. The first-order chi connectivity index (χ1) is 5.92. The highest BCUT2D eigenvalue weighted by Crippen LogP contribution is 2.21. The summed E-state index contributed by atoms with van der Waals surface area (Å²) in [5.74, 6) is 4.72. The van der Waals surface area contributed by atoms with Gasteiger partial charge in [0, 0.05) is 12.2 Å². The van der Waals surface area contributed by atoms with Crippen molar-refractivity contribution >= 4 is 11.8 Å². The van der Waals surface area contributed by atoms with E-state index in [1.54, 1.807) is 0 Å². The average Bonchev–Trinajstić information content (AvgIpc) is 2.50. The molecule has 1 aromatic rings. The van der Waals surface area contributed by atoms with E-state index in [1.807, 2.05) is 16.4 Å². The van der Waals surface area contributed by atoms with E-state index in [2.05, 4.69) is 16.2 Å². The molecule has 0 N–H and O–H groups in total. The molecule has 0 saturated heterocycles. The lowest BCUT2D eigenvalue weighted by Gasteiger charge is -2.09. The molecule has 2 heterocycles. The topological polar surface area (TPSA) is 30.7 Å². The molecule has 2 rings (SSSR count). The Labute approximate surface area is 75.5 Å². The van der Waals surface area contributed by atoms with Crippen molar-refractivity contribution in [3.05, 3.63) is 11.4 Å². The number of fused-ring (bicyclic) bond motifs is 1. The average molecular weight is 179 g/mol. The Kier molecular flexibility index (Phi) is 2.05. The third-order valence-electron chi connectivity index (χ3n) is 1.88. The van der Waals surface area contributed by atoms with Crippen molar-refractivity contribution in [2.45, 2.75) is 18.7 Å². The van der Waals surface area contributed by atoms with Crippen LogP contribution >= 0.6 is 11.8 Å². The van der Waals surface area contributed by atoms with E-state index >= 15 is 0 Å². The van der Waals surface area contributed by atoms with E-state index in [1.165, 1.54) is 5.69 Å². The SMILES string of the molecule is C#CCn1nnc2c1CCSC2. The Hall–Kier alpha value is -0.950. The fourth-order valence-corrected chi connectivity index (χ4v) is 2.21. The van der Waals surface area contributed by atoms with E-state index in [0.29, 0.717) is 6.54 Å². The van der Waals surface area contributed by atoms with E-state index in [-0.39, 0.29) is 0 Å². The maximum atomic E-state index is 5.21. The molecule has 0 unspecified atom stereocenters. The molecule has 1 aliphatic heterocycles. The van der Waals surface area contributed by atoms with Gasteiger partial charge in [0.1, 0.15) is 6.54 Å². The van der Waals surface area contributed by atoms with Gasteiger partial charge in [-0.05, 0) is 5.75 Å². The van der Waals surface area contributed by atoms with Gasteiger partial charge in [-0.1, -0.05) is 11.1 Å². The number of thioether (sulfide) groups is 1. The number of rotatable bonds is 1. The standard InChI is InChI=1S/C8H9N3S/c1-2-4-11-8-3-5-12-6-7(8)9-10-11/h1H,3-6H2. The highest BCUT2D eigenvalue weighted by Gasteiger charge is 2.15. The molecule has 0 radical (unpaired) electrons. The highest BCUT2D eigenvalue weighted by molar-refractivity contribution is 7.98. The smallest absolute Gasteiger partial charge is 0.103 e. The molecule has 0 spiro atoms. The number of hydrogen-bond acceptors (Lipinski definition) is 3. The van der Waals surface area contributed by atoms with Crippen molar-refractivity contribution in [3.63, 3.8) is 0 Å². The molecule has 0 amide bonds. The molecule has 0 atom stereocenters. The van der Waals surface area contributed by atoms with Gasteiger partial charge in [0.25, 0.3) is 0 Å². The van der Waals surface area contributed by atoms with Crippen molar-refractivity contribution in [1.29, 1.82) is 0 Å². The number of hydrogen-bond donors (Lipinski definition) is 0. The van der Waals surface area contributed by atoms with Crippen LogP contribution < -0.4 is 0 Å². The summed E-state index contributed by atoms with van der Waals surface area (Å²) < 4.78 is 1.83. The lowest BCUT2D eigenvalue weighted by molar-refractivity contribution is 0.644. The quantitative estimate of drug-likeness (QED) is 0.595. The van der Waals surface area contributed by atoms with Crippen molar-refractivity contribution in [2.75, 3.05) is 5.75 Å². The summed E-state index contributed by atoms with van der Waals surface area (Å²) >= 11 is 1.90. The summed E-state index contributed by atoms with van der Waals surface area (Å²) in [6.07, 6.45) is 6.26. The van der Waals surface area contributed by atoms with E-state index in [9.17, 15) is 0 Å². The van der Waals surface area contributed by atoms with Crippen LogP contribution in [0.4, 0.5) is 0 Å². The summed E-state index contributed by atoms with van der Waals surface area (Å²) in [6.45, 7) is 0.549. The minimum atomic E-state index is 0.549. The molecular formula is C8H9N3S. The maximum Gasteiger partial charge on any atom is 0.103 e. The predicted octanol–water partition coefficient (Wildman–Crippen LogP) is 0.701. The molecule has 12 heavy (non-hydrogen) atoms. The largest absolute Gasteiger partial charge is 0.237 e. The van der Waals surface area contributed by atoms with Crippen molar-refractivity contribution in [1.82, 2.24) is 15.0 Å². The van der Waals surface area contributed by atoms with Crippen LogP contribution in [-0.4, -0.2) is 20.7 Å². The number of aromatic nitrogens is 3. The van der Waals surface area contributed by atoms with Crippen molar-refractivity contribution in [2.24, 2.45) is 0 Å². The Balaban J connectivity index is 2.33. The van der Waals surface area contributed by atoms with Gasteiger partial charge < -0.3 is 0 Å². The minimum Gasteiger partial charge on any atom is -0.237 e. The molecular weight excluding hydrogens is 170 g/mol. The normalized spacial score (nSPS) is 15.2. The second-order valence-corrected chi connectivity index (χ2v) is 3.75. The van der Waals surface area contributed by atoms with Crippen LogP contribution in [0.1, 0.15) is 11.4 Å². The first-order valence-corrected chi connectivity index (χ1v) is 4.99. The third kappa shape index (κ3) is 1.21. The van der Waals surface area contributed by atoms with Crippen LogP contribution in [0.25, 0.3) is 0 Å². The van der Waals surface area contributed by atoms with Gasteiger partial charge in [-0.25, -0.2) is 4.68 Å². The van der Waals surface area contributed by atoms with Crippen LogP contribution in [0.2, 0.25) is 0 Å². The number of nitrogens with zero attached hydrogens (tertiary/aromatic N) is 3. The summed E-state index contributed by atoms with van der Waals surface area (Å²) in [6, 6.07) is 0. The van der Waals surface area contributed by atoms with Gasteiger partial charge >= 0.3 is 0 Å². The van der Waals surface area contributed by atoms with Gasteiger partial charge in [-0.3, -0.25) is 0 Å². The molecule has 0 aliphatic carbocycles. The van der Waals surface area contributed by atoms with E-state index < -0.39 is 0 Å². The maximum absolute atomic E-state index is 5.21. The zero-order valence-corrected chi connectivity index (χ0v) is 7.47.